The van der Waals surface area contributed by atoms with E-state index in [0.29, 0.717) is 35.1 Å². The lowest BCUT2D eigenvalue weighted by Gasteiger charge is -2.43. The molecule has 3 heteroatoms. The summed E-state index contributed by atoms with van der Waals surface area (Å²) in [5, 5.41) is 13.2. The number of hydrogen-bond acceptors (Lipinski definition) is 2. The Morgan fingerprint density at radius 3 is 2.20 bits per heavy atom. The number of anilines is 1. The van der Waals surface area contributed by atoms with Crippen LogP contribution in [-0.2, 0) is 5.41 Å². The molecular formula is C32H43NOSi. The highest BCUT2D eigenvalue weighted by atomic mass is 28.3. The maximum Gasteiger partial charge on any atom is 0.118 e. The lowest BCUT2D eigenvalue weighted by atomic mass is 9.85. The van der Waals surface area contributed by atoms with Crippen LogP contribution in [0.3, 0.4) is 0 Å². The van der Waals surface area contributed by atoms with E-state index in [1.807, 2.05) is 0 Å². The third-order valence-corrected chi connectivity index (χ3v) is 15.7. The maximum atomic E-state index is 11.9. The van der Waals surface area contributed by atoms with E-state index < -0.39 is 8.07 Å². The van der Waals surface area contributed by atoms with Gasteiger partial charge in [-0.25, -0.2) is 0 Å². The first-order valence-corrected chi connectivity index (χ1v) is 16.1. The lowest BCUT2D eigenvalue weighted by Crippen LogP contribution is -2.54. The summed E-state index contributed by atoms with van der Waals surface area (Å²) in [4.78, 5) is 2.59. The van der Waals surface area contributed by atoms with Crippen molar-refractivity contribution in [3.63, 3.8) is 0 Å². The number of likely N-dealkylation sites (N-methyl/N-ethyl adjacent to an activating group) is 1. The van der Waals surface area contributed by atoms with Crippen LogP contribution in [0.2, 0.25) is 17.6 Å². The van der Waals surface area contributed by atoms with Gasteiger partial charge >= 0.3 is 0 Å². The van der Waals surface area contributed by atoms with Crippen molar-refractivity contribution in [2.45, 2.75) is 83.5 Å². The van der Waals surface area contributed by atoms with Gasteiger partial charge in [0.15, 0.2) is 0 Å². The number of aryl methyl sites for hydroxylation is 2. The largest absolute Gasteiger partial charge is 0.508 e. The minimum Gasteiger partial charge on any atom is -0.508 e. The third-order valence-electron chi connectivity index (χ3n) is 9.65. The molecule has 0 radical (unpaired) electrons. The smallest absolute Gasteiger partial charge is 0.118 e. The molecule has 1 fully saturated rings. The van der Waals surface area contributed by atoms with E-state index >= 15 is 0 Å². The van der Waals surface area contributed by atoms with E-state index in [1.54, 1.807) is 5.56 Å². The molecule has 0 amide bonds. The Morgan fingerprint density at radius 1 is 0.914 bits per heavy atom. The Kier molecular flexibility index (Phi) is 5.87. The van der Waals surface area contributed by atoms with Crippen molar-refractivity contribution in [2.24, 2.45) is 11.8 Å². The first-order valence-electron chi connectivity index (χ1n) is 13.6. The third kappa shape index (κ3) is 3.49. The van der Waals surface area contributed by atoms with Crippen LogP contribution in [0.5, 0.6) is 5.75 Å². The van der Waals surface area contributed by atoms with Crippen LogP contribution in [0.4, 0.5) is 5.69 Å². The van der Waals surface area contributed by atoms with E-state index in [9.17, 15) is 5.11 Å². The van der Waals surface area contributed by atoms with Crippen LogP contribution in [0.25, 0.3) is 0 Å². The number of phenolic OH excluding ortho intramolecular Hbond substituents is 1. The molecule has 2 aromatic rings. The number of allylic oxidation sites excluding steroid dienone is 3. The van der Waals surface area contributed by atoms with E-state index in [2.05, 4.69) is 115 Å². The van der Waals surface area contributed by atoms with Crippen molar-refractivity contribution in [3.8, 4) is 5.75 Å². The predicted octanol–water partition coefficient (Wildman–Crippen LogP) is 7.35. The standard InChI is InChI=1S/C32H43NOSi/c1-9-35(10-2,27-19-21(4)18-25(30(27)34)32(5,6)7)31-23-14-12-11-13-22(23)29-28(31)24-17-20(3)15-16-26(24)33(29)8/h11-19,22-23,28-29,31,34H,9-10H2,1-8H3. The van der Waals surface area contributed by atoms with E-state index in [-0.39, 0.29) is 5.41 Å². The minimum atomic E-state index is -2.14. The zero-order chi connectivity index (χ0) is 25.3. The molecule has 1 N–H and O–H groups in total. The summed E-state index contributed by atoms with van der Waals surface area (Å²) in [7, 11) is 0.169. The summed E-state index contributed by atoms with van der Waals surface area (Å²) < 4.78 is 0. The average Bonchev–Trinajstić information content (AvgIpc) is 3.30. The van der Waals surface area contributed by atoms with Crippen LogP contribution in [0, 0.1) is 25.7 Å². The molecule has 35 heavy (non-hydrogen) atoms. The Hall–Kier alpha value is -2.26. The highest BCUT2D eigenvalue weighted by Gasteiger charge is 2.61. The molecule has 5 atom stereocenters. The topological polar surface area (TPSA) is 23.5 Å². The van der Waals surface area contributed by atoms with Crippen molar-refractivity contribution in [1.29, 1.82) is 0 Å². The van der Waals surface area contributed by atoms with Crippen molar-refractivity contribution >= 4 is 18.9 Å². The number of aromatic hydroxyl groups is 1. The van der Waals surface area contributed by atoms with Gasteiger partial charge in [0, 0.05) is 30.6 Å². The van der Waals surface area contributed by atoms with Gasteiger partial charge in [0.2, 0.25) is 0 Å². The molecule has 0 aromatic heterocycles. The number of fused-ring (bicyclic) bond motifs is 5. The van der Waals surface area contributed by atoms with Crippen LogP contribution >= 0.6 is 0 Å². The van der Waals surface area contributed by atoms with E-state index in [0.717, 1.165) is 17.7 Å². The van der Waals surface area contributed by atoms with E-state index in [1.165, 1.54) is 22.0 Å². The predicted molar refractivity (Wildman–Crippen MR) is 153 cm³/mol. The highest BCUT2D eigenvalue weighted by molar-refractivity contribution is 6.93. The molecule has 5 rings (SSSR count). The normalized spacial score (nSPS) is 27.2. The number of benzene rings is 2. The van der Waals surface area contributed by atoms with Gasteiger partial charge in [-0.1, -0.05) is 106 Å². The first kappa shape index (κ1) is 24.4. The molecule has 1 heterocycles. The summed E-state index contributed by atoms with van der Waals surface area (Å²) in [5.41, 5.74) is 7.17. The highest BCUT2D eigenvalue weighted by Crippen LogP contribution is 2.64. The Labute approximate surface area is 213 Å². The average molecular weight is 486 g/mol. The summed E-state index contributed by atoms with van der Waals surface area (Å²) in [5.74, 6) is 2.13. The molecule has 3 aliphatic rings. The van der Waals surface area contributed by atoms with Gasteiger partial charge in [0.05, 0.1) is 8.07 Å². The summed E-state index contributed by atoms with van der Waals surface area (Å²) in [6.45, 7) is 16.0. The molecule has 1 aliphatic heterocycles. The van der Waals surface area contributed by atoms with Gasteiger partial charge in [0.25, 0.3) is 0 Å². The van der Waals surface area contributed by atoms with Gasteiger partial charge < -0.3 is 10.0 Å². The molecule has 186 valence electrons. The second-order valence-corrected chi connectivity index (χ2v) is 17.4. The SMILES string of the molecule is CC[Si](CC)(c1cc(C)cc(C(C)(C)C)c1O)C1C2C=CC=CC2C2C1c1cc(C)ccc1N2C. The molecule has 2 nitrogen and oxygen atoms in total. The van der Waals surface area contributed by atoms with Gasteiger partial charge in [-0.2, -0.15) is 0 Å². The zero-order valence-electron chi connectivity index (χ0n) is 22.9. The summed E-state index contributed by atoms with van der Waals surface area (Å²) >= 11 is 0. The second kappa shape index (κ2) is 8.40. The number of nitrogens with zero attached hydrogens (tertiary/aromatic N) is 1. The number of rotatable bonds is 4. The first-order chi connectivity index (χ1) is 16.5. The van der Waals surface area contributed by atoms with Crippen molar-refractivity contribution in [2.75, 3.05) is 11.9 Å². The molecule has 0 bridgehead atoms. The Morgan fingerprint density at radius 2 is 1.57 bits per heavy atom. The van der Waals surface area contributed by atoms with Gasteiger partial charge in [-0.15, -0.1) is 0 Å². The quantitative estimate of drug-likeness (QED) is 0.458. The molecule has 0 spiro atoms. The number of phenols is 1. The Bertz CT molecular complexity index is 1200. The molecule has 1 saturated carbocycles. The fourth-order valence-corrected chi connectivity index (χ4v) is 13.9. The lowest BCUT2D eigenvalue weighted by molar-refractivity contribution is 0.449. The molecule has 0 saturated heterocycles. The van der Waals surface area contributed by atoms with Crippen LogP contribution in [-0.4, -0.2) is 26.3 Å². The van der Waals surface area contributed by atoms with Crippen LogP contribution in [0.15, 0.2) is 54.6 Å². The van der Waals surface area contributed by atoms with Crippen molar-refractivity contribution in [3.05, 3.63) is 76.9 Å². The monoisotopic (exact) mass is 485 g/mol. The molecule has 2 aliphatic carbocycles. The fourth-order valence-electron chi connectivity index (χ4n) is 8.06. The zero-order valence-corrected chi connectivity index (χ0v) is 23.9. The Balaban J connectivity index is 1.78. The fraction of sp³-hybridized carbons (Fsp3) is 0.500. The molecule has 2 aromatic carbocycles. The van der Waals surface area contributed by atoms with Gasteiger partial charge in [0.1, 0.15) is 5.75 Å². The van der Waals surface area contributed by atoms with Crippen molar-refractivity contribution in [1.82, 2.24) is 0 Å². The van der Waals surface area contributed by atoms with Crippen LogP contribution < -0.4 is 10.1 Å². The summed E-state index contributed by atoms with van der Waals surface area (Å²) in [6, 6.07) is 14.5. The minimum absolute atomic E-state index is 0.0853. The van der Waals surface area contributed by atoms with Gasteiger partial charge in [-0.3, -0.25) is 0 Å². The second-order valence-electron chi connectivity index (χ2n) is 12.5. The van der Waals surface area contributed by atoms with E-state index in [4.69, 9.17) is 0 Å². The summed E-state index contributed by atoms with van der Waals surface area (Å²) in [6.07, 6.45) is 9.56. The number of hydrogen-bond donors (Lipinski definition) is 1. The van der Waals surface area contributed by atoms with Gasteiger partial charge in [-0.05, 0) is 53.1 Å². The van der Waals surface area contributed by atoms with Crippen molar-refractivity contribution < 1.29 is 5.11 Å². The molecule has 5 unspecified atom stereocenters. The maximum absolute atomic E-state index is 11.9. The molecular weight excluding hydrogens is 442 g/mol. The van der Waals surface area contributed by atoms with Crippen LogP contribution in [0.1, 0.15) is 62.8 Å².